The van der Waals surface area contributed by atoms with Gasteiger partial charge in [0.15, 0.2) is 0 Å². The summed E-state index contributed by atoms with van der Waals surface area (Å²) >= 11 is 0. The van der Waals surface area contributed by atoms with Crippen LogP contribution in [0, 0.1) is 6.92 Å². The van der Waals surface area contributed by atoms with Crippen molar-refractivity contribution in [3.05, 3.63) is 47.2 Å². The SMILES string of the molecule is Cc1cnc(N)nc1N1CCC(O)(c2cccc(C(F)(F)F)c2)CC1. The van der Waals surface area contributed by atoms with Crippen LogP contribution in [0.15, 0.2) is 30.5 Å². The van der Waals surface area contributed by atoms with E-state index in [1.54, 1.807) is 12.3 Å². The summed E-state index contributed by atoms with van der Waals surface area (Å²) in [7, 11) is 0. The first kappa shape index (κ1) is 17.5. The second-order valence-electron chi connectivity index (χ2n) is 6.33. The molecule has 0 aliphatic carbocycles. The molecule has 0 radical (unpaired) electrons. The number of anilines is 2. The van der Waals surface area contributed by atoms with Crippen molar-refractivity contribution in [2.24, 2.45) is 0 Å². The lowest BCUT2D eigenvalue weighted by Crippen LogP contribution is -2.43. The fourth-order valence-corrected chi connectivity index (χ4v) is 3.13. The lowest BCUT2D eigenvalue weighted by Gasteiger charge is -2.39. The van der Waals surface area contributed by atoms with Gasteiger partial charge in [0, 0.05) is 24.8 Å². The molecule has 2 heterocycles. The number of nitrogen functional groups attached to an aromatic ring is 1. The molecule has 1 aliphatic rings. The van der Waals surface area contributed by atoms with Crippen LogP contribution in [0.25, 0.3) is 0 Å². The highest BCUT2D eigenvalue weighted by Gasteiger charge is 2.37. The molecule has 1 fully saturated rings. The normalized spacial score (nSPS) is 17.6. The van der Waals surface area contributed by atoms with Crippen molar-refractivity contribution in [1.29, 1.82) is 0 Å². The molecule has 0 saturated carbocycles. The summed E-state index contributed by atoms with van der Waals surface area (Å²) in [5, 5.41) is 10.9. The number of aromatic nitrogens is 2. The van der Waals surface area contributed by atoms with E-state index in [2.05, 4.69) is 9.97 Å². The highest BCUT2D eigenvalue weighted by molar-refractivity contribution is 5.48. The van der Waals surface area contributed by atoms with E-state index in [0.717, 1.165) is 17.7 Å². The molecular weight excluding hydrogens is 333 g/mol. The Morgan fingerprint density at radius 3 is 2.56 bits per heavy atom. The van der Waals surface area contributed by atoms with E-state index in [9.17, 15) is 18.3 Å². The van der Waals surface area contributed by atoms with Crippen LogP contribution in [-0.2, 0) is 11.8 Å². The van der Waals surface area contributed by atoms with Crippen LogP contribution in [0.5, 0.6) is 0 Å². The third-order valence-corrected chi connectivity index (χ3v) is 4.58. The molecule has 0 amide bonds. The molecule has 2 aromatic rings. The van der Waals surface area contributed by atoms with E-state index in [4.69, 9.17) is 5.73 Å². The molecule has 1 saturated heterocycles. The van der Waals surface area contributed by atoms with Crippen LogP contribution in [0.1, 0.15) is 29.5 Å². The quantitative estimate of drug-likeness (QED) is 0.869. The van der Waals surface area contributed by atoms with Gasteiger partial charge in [0.2, 0.25) is 5.95 Å². The molecule has 25 heavy (non-hydrogen) atoms. The standard InChI is InChI=1S/C17H19F3N4O/c1-11-10-22-15(21)23-14(11)24-7-5-16(25,6-8-24)12-3-2-4-13(9-12)17(18,19)20/h2-4,9-10,25H,5-8H2,1H3,(H2,21,22,23). The highest BCUT2D eigenvalue weighted by Crippen LogP contribution is 2.37. The lowest BCUT2D eigenvalue weighted by atomic mass is 9.83. The van der Waals surface area contributed by atoms with Gasteiger partial charge in [-0.05, 0) is 37.5 Å². The van der Waals surface area contributed by atoms with Crippen LogP contribution < -0.4 is 10.6 Å². The Hall–Kier alpha value is -2.35. The number of benzene rings is 1. The second-order valence-corrected chi connectivity index (χ2v) is 6.33. The number of aliphatic hydroxyl groups is 1. The third kappa shape index (κ3) is 3.53. The maximum atomic E-state index is 12.9. The predicted molar refractivity (Wildman–Crippen MR) is 88.0 cm³/mol. The van der Waals surface area contributed by atoms with E-state index in [1.807, 2.05) is 11.8 Å². The van der Waals surface area contributed by atoms with Gasteiger partial charge in [-0.15, -0.1) is 0 Å². The Kier molecular flexibility index (Phi) is 4.32. The van der Waals surface area contributed by atoms with Gasteiger partial charge < -0.3 is 15.7 Å². The molecular formula is C17H19F3N4O. The van der Waals surface area contributed by atoms with E-state index in [0.29, 0.717) is 37.3 Å². The zero-order valence-electron chi connectivity index (χ0n) is 13.7. The van der Waals surface area contributed by atoms with Crippen LogP contribution >= 0.6 is 0 Å². The van der Waals surface area contributed by atoms with Crippen LogP contribution in [0.4, 0.5) is 24.9 Å². The van der Waals surface area contributed by atoms with Crippen molar-refractivity contribution in [3.8, 4) is 0 Å². The van der Waals surface area contributed by atoms with Crippen molar-refractivity contribution in [2.45, 2.75) is 31.5 Å². The van der Waals surface area contributed by atoms with Gasteiger partial charge in [0.25, 0.3) is 0 Å². The van der Waals surface area contributed by atoms with Gasteiger partial charge in [-0.3, -0.25) is 0 Å². The van der Waals surface area contributed by atoms with Gasteiger partial charge >= 0.3 is 6.18 Å². The number of rotatable bonds is 2. The highest BCUT2D eigenvalue weighted by atomic mass is 19.4. The summed E-state index contributed by atoms with van der Waals surface area (Å²) < 4.78 is 38.7. The lowest BCUT2D eigenvalue weighted by molar-refractivity contribution is -0.137. The van der Waals surface area contributed by atoms with E-state index in [-0.39, 0.29) is 5.95 Å². The summed E-state index contributed by atoms with van der Waals surface area (Å²) in [5.41, 5.74) is 4.75. The summed E-state index contributed by atoms with van der Waals surface area (Å²) in [5.74, 6) is 0.859. The molecule has 3 rings (SSSR count). The fraction of sp³-hybridized carbons (Fsp3) is 0.412. The second kappa shape index (κ2) is 6.18. The largest absolute Gasteiger partial charge is 0.416 e. The smallest absolute Gasteiger partial charge is 0.385 e. The molecule has 0 unspecified atom stereocenters. The average Bonchev–Trinajstić information content (AvgIpc) is 2.57. The first-order chi connectivity index (χ1) is 11.7. The number of aryl methyl sites for hydroxylation is 1. The van der Waals surface area contributed by atoms with Crippen molar-refractivity contribution in [1.82, 2.24) is 9.97 Å². The van der Waals surface area contributed by atoms with Crippen LogP contribution in [0.2, 0.25) is 0 Å². The molecule has 0 atom stereocenters. The van der Waals surface area contributed by atoms with E-state index >= 15 is 0 Å². The van der Waals surface area contributed by atoms with Gasteiger partial charge in [-0.2, -0.15) is 18.2 Å². The van der Waals surface area contributed by atoms with Crippen LogP contribution in [-0.4, -0.2) is 28.2 Å². The Balaban J connectivity index is 1.80. The van der Waals surface area contributed by atoms with E-state index in [1.165, 1.54) is 6.07 Å². The molecule has 8 heteroatoms. The van der Waals surface area contributed by atoms with Crippen molar-refractivity contribution in [3.63, 3.8) is 0 Å². The summed E-state index contributed by atoms with van der Waals surface area (Å²) in [6, 6.07) is 4.91. The zero-order valence-corrected chi connectivity index (χ0v) is 13.7. The minimum Gasteiger partial charge on any atom is -0.385 e. The number of hydrogen-bond donors (Lipinski definition) is 2. The minimum absolute atomic E-state index is 0.166. The molecule has 1 aliphatic heterocycles. The first-order valence-electron chi connectivity index (χ1n) is 7.93. The summed E-state index contributed by atoms with van der Waals surface area (Å²) in [6.07, 6.45) is -2.19. The number of halogens is 3. The average molecular weight is 352 g/mol. The monoisotopic (exact) mass is 352 g/mol. The molecule has 134 valence electrons. The molecule has 0 bridgehead atoms. The maximum Gasteiger partial charge on any atom is 0.416 e. The Morgan fingerprint density at radius 1 is 1.24 bits per heavy atom. The fourth-order valence-electron chi connectivity index (χ4n) is 3.13. The molecule has 3 N–H and O–H groups in total. The van der Waals surface area contributed by atoms with Crippen molar-refractivity contribution in [2.75, 3.05) is 23.7 Å². The van der Waals surface area contributed by atoms with Gasteiger partial charge in [0.1, 0.15) is 5.82 Å². The topological polar surface area (TPSA) is 75.3 Å². The van der Waals surface area contributed by atoms with Crippen molar-refractivity contribution < 1.29 is 18.3 Å². The molecule has 0 spiro atoms. The summed E-state index contributed by atoms with van der Waals surface area (Å²) in [6.45, 7) is 2.79. The Labute approximate surface area is 143 Å². The van der Waals surface area contributed by atoms with Gasteiger partial charge in [0.05, 0.1) is 11.2 Å². The number of nitrogens with zero attached hydrogens (tertiary/aromatic N) is 3. The number of nitrogens with two attached hydrogens (primary N) is 1. The molecule has 1 aromatic carbocycles. The molecule has 5 nitrogen and oxygen atoms in total. The zero-order chi connectivity index (χ0) is 18.2. The number of hydrogen-bond acceptors (Lipinski definition) is 5. The maximum absolute atomic E-state index is 12.9. The van der Waals surface area contributed by atoms with Crippen molar-refractivity contribution >= 4 is 11.8 Å². The third-order valence-electron chi connectivity index (χ3n) is 4.58. The van der Waals surface area contributed by atoms with Gasteiger partial charge in [-0.1, -0.05) is 12.1 Å². The Bertz CT molecular complexity index is 771. The number of alkyl halides is 3. The predicted octanol–water partition coefficient (Wildman–Crippen LogP) is 2.87. The van der Waals surface area contributed by atoms with E-state index < -0.39 is 17.3 Å². The number of piperidine rings is 1. The van der Waals surface area contributed by atoms with Gasteiger partial charge in [-0.25, -0.2) is 4.98 Å². The Morgan fingerprint density at radius 2 is 1.92 bits per heavy atom. The minimum atomic E-state index is -4.43. The van der Waals surface area contributed by atoms with Crippen LogP contribution in [0.3, 0.4) is 0 Å². The molecule has 1 aromatic heterocycles. The first-order valence-corrected chi connectivity index (χ1v) is 7.93. The summed E-state index contributed by atoms with van der Waals surface area (Å²) in [4.78, 5) is 10.1.